The van der Waals surface area contributed by atoms with E-state index in [1.807, 2.05) is 0 Å². The lowest BCUT2D eigenvalue weighted by atomic mass is 10.2. The molecule has 0 saturated carbocycles. The number of fused-ring (bicyclic) bond motifs is 1. The molecule has 1 aromatic carbocycles. The molecule has 1 unspecified atom stereocenters. The summed E-state index contributed by atoms with van der Waals surface area (Å²) in [6.45, 7) is 0. The van der Waals surface area contributed by atoms with E-state index in [1.165, 1.54) is 10.5 Å². The Morgan fingerprint density at radius 2 is 2.09 bits per heavy atom. The van der Waals surface area contributed by atoms with E-state index in [-0.39, 0.29) is 10.9 Å². The summed E-state index contributed by atoms with van der Waals surface area (Å²) in [4.78, 5) is 1.44. The highest BCUT2D eigenvalue weighted by atomic mass is 32.2. The van der Waals surface area contributed by atoms with Crippen LogP contribution in [0.2, 0.25) is 0 Å². The molecule has 1 nitrogen and oxygen atoms in total. The molecule has 0 bridgehead atoms. The fourth-order valence-electron chi connectivity index (χ4n) is 1.30. The van der Waals surface area contributed by atoms with E-state index in [2.05, 4.69) is 35.7 Å². The van der Waals surface area contributed by atoms with Gasteiger partial charge in [-0.15, -0.1) is 0 Å². The zero-order valence-corrected chi connectivity index (χ0v) is 7.09. The fourth-order valence-corrected chi connectivity index (χ4v) is 2.88. The number of hydrogen-bond donors (Lipinski definition) is 2. The largest absolute Gasteiger partial charge is 0.323 e. The van der Waals surface area contributed by atoms with E-state index in [4.69, 9.17) is 5.73 Å². The monoisotopic (exact) mass is 165 g/mol. The maximum absolute atomic E-state index is 5.63. The van der Waals surface area contributed by atoms with Gasteiger partial charge >= 0.3 is 0 Å². The molecule has 0 amide bonds. The molecule has 0 radical (unpaired) electrons. The molecular formula is C9H11NS. The molecule has 1 heterocycles. The molecular weight excluding hydrogens is 154 g/mol. The van der Waals surface area contributed by atoms with E-state index in [0.29, 0.717) is 0 Å². The Bertz CT molecular complexity index is 293. The summed E-state index contributed by atoms with van der Waals surface area (Å²) < 4.78 is 0. The van der Waals surface area contributed by atoms with Crippen LogP contribution in [0.3, 0.4) is 0 Å². The van der Waals surface area contributed by atoms with Gasteiger partial charge in [0.15, 0.2) is 0 Å². The van der Waals surface area contributed by atoms with Gasteiger partial charge in [0, 0.05) is 5.88 Å². The maximum Gasteiger partial charge on any atom is 0.0282 e. The van der Waals surface area contributed by atoms with E-state index >= 15 is 0 Å². The molecule has 2 N–H and O–H groups in total. The molecule has 11 heavy (non-hydrogen) atoms. The van der Waals surface area contributed by atoms with Crippen molar-refractivity contribution < 1.29 is 0 Å². The number of nitrogens with two attached hydrogens (primary N) is 1. The van der Waals surface area contributed by atoms with Crippen molar-refractivity contribution in [3.05, 3.63) is 35.2 Å². The molecule has 0 aliphatic carbocycles. The van der Waals surface area contributed by atoms with Crippen LogP contribution in [-0.2, 0) is 0 Å². The summed E-state index contributed by atoms with van der Waals surface area (Å²) in [6.07, 6.45) is 2.17. The van der Waals surface area contributed by atoms with E-state index < -0.39 is 0 Å². The summed E-state index contributed by atoms with van der Waals surface area (Å²) in [5.74, 6) is 0.781. The van der Waals surface area contributed by atoms with Crippen molar-refractivity contribution in [2.24, 2.45) is 5.73 Å². The molecule has 1 aliphatic rings. The van der Waals surface area contributed by atoms with Crippen LogP contribution >= 0.6 is 10.9 Å². The Morgan fingerprint density at radius 3 is 2.91 bits per heavy atom. The summed E-state index contributed by atoms with van der Waals surface area (Å²) >= 11 is 0. The lowest BCUT2D eigenvalue weighted by Gasteiger charge is -2.10. The molecule has 0 saturated heterocycles. The smallest absolute Gasteiger partial charge is 0.0282 e. The molecule has 0 fully saturated rings. The predicted molar refractivity (Wildman–Crippen MR) is 51.8 cm³/mol. The van der Waals surface area contributed by atoms with Gasteiger partial charge in [0.25, 0.3) is 0 Å². The van der Waals surface area contributed by atoms with Crippen molar-refractivity contribution in [2.75, 3.05) is 5.88 Å². The lowest BCUT2D eigenvalue weighted by Crippen LogP contribution is -1.97. The molecule has 2 rings (SSSR count). The van der Waals surface area contributed by atoms with Crippen LogP contribution in [0.4, 0.5) is 0 Å². The van der Waals surface area contributed by atoms with Gasteiger partial charge in [-0.1, -0.05) is 18.2 Å². The third-order valence-corrected chi connectivity index (χ3v) is 3.81. The van der Waals surface area contributed by atoms with Crippen LogP contribution in [0.5, 0.6) is 0 Å². The fraction of sp³-hybridized carbons (Fsp3) is 0.111. The summed E-state index contributed by atoms with van der Waals surface area (Å²) in [6, 6.07) is 8.47. The average Bonchev–Trinajstić information content (AvgIpc) is 2.47. The van der Waals surface area contributed by atoms with Gasteiger partial charge in [-0.3, -0.25) is 0 Å². The van der Waals surface area contributed by atoms with E-state index in [9.17, 15) is 0 Å². The van der Waals surface area contributed by atoms with Gasteiger partial charge in [-0.2, -0.15) is 10.9 Å². The highest BCUT2D eigenvalue weighted by Gasteiger charge is 2.10. The van der Waals surface area contributed by atoms with Crippen LogP contribution in [0.15, 0.2) is 34.6 Å². The third kappa shape index (κ3) is 1.08. The van der Waals surface area contributed by atoms with Crippen molar-refractivity contribution in [3.8, 4) is 0 Å². The average molecular weight is 165 g/mol. The Morgan fingerprint density at radius 1 is 1.27 bits per heavy atom. The number of rotatable bonds is 1. The molecule has 2 heteroatoms. The quantitative estimate of drug-likeness (QED) is 0.611. The van der Waals surface area contributed by atoms with Crippen LogP contribution in [-0.4, -0.2) is 5.88 Å². The number of thiol groups is 1. The SMILES string of the molecule is NC[SH]1C=Cc2ccccc21. The lowest BCUT2D eigenvalue weighted by molar-refractivity contribution is 1.35. The maximum atomic E-state index is 5.63. The minimum absolute atomic E-state index is 0.162. The Hall–Kier alpha value is -0.730. The Kier molecular flexibility index (Phi) is 1.72. The third-order valence-electron chi connectivity index (χ3n) is 1.88. The van der Waals surface area contributed by atoms with Crippen molar-refractivity contribution in [1.29, 1.82) is 0 Å². The van der Waals surface area contributed by atoms with E-state index in [1.54, 1.807) is 0 Å². The molecule has 1 aliphatic heterocycles. The minimum atomic E-state index is -0.162. The van der Waals surface area contributed by atoms with Crippen LogP contribution in [0.1, 0.15) is 5.56 Å². The van der Waals surface area contributed by atoms with Crippen molar-refractivity contribution in [1.82, 2.24) is 0 Å². The Balaban J connectivity index is 2.46. The minimum Gasteiger partial charge on any atom is -0.323 e. The van der Waals surface area contributed by atoms with E-state index in [0.717, 1.165) is 5.88 Å². The van der Waals surface area contributed by atoms with Gasteiger partial charge in [0.05, 0.1) is 0 Å². The van der Waals surface area contributed by atoms with Crippen molar-refractivity contribution in [3.63, 3.8) is 0 Å². The molecule has 0 spiro atoms. The van der Waals surface area contributed by atoms with Gasteiger partial charge in [-0.25, -0.2) is 0 Å². The molecule has 1 aromatic rings. The second kappa shape index (κ2) is 2.72. The highest BCUT2D eigenvalue weighted by Crippen LogP contribution is 2.44. The summed E-state index contributed by atoms with van der Waals surface area (Å²) in [7, 11) is -0.162. The van der Waals surface area contributed by atoms with Crippen molar-refractivity contribution in [2.45, 2.75) is 4.90 Å². The first-order chi connectivity index (χ1) is 5.42. The zero-order valence-electron chi connectivity index (χ0n) is 6.20. The highest BCUT2D eigenvalue weighted by molar-refractivity contribution is 8.20. The van der Waals surface area contributed by atoms with Crippen LogP contribution in [0.25, 0.3) is 6.08 Å². The Labute approximate surface area is 69.3 Å². The molecule has 0 aromatic heterocycles. The van der Waals surface area contributed by atoms with Crippen LogP contribution in [0, 0.1) is 0 Å². The standard InChI is InChI=1S/C9H11NS/c10-7-11-6-5-8-3-1-2-4-9(8)11/h1-6,11H,7,10H2. The molecule has 1 atom stereocenters. The first-order valence-corrected chi connectivity index (χ1v) is 5.25. The normalized spacial score (nSPS) is 23.5. The second-order valence-electron chi connectivity index (χ2n) is 2.53. The molecule has 58 valence electrons. The topological polar surface area (TPSA) is 26.0 Å². The summed E-state index contributed by atoms with van der Waals surface area (Å²) in [5.41, 5.74) is 6.98. The second-order valence-corrected chi connectivity index (χ2v) is 4.61. The van der Waals surface area contributed by atoms with Gasteiger partial charge in [0.1, 0.15) is 0 Å². The predicted octanol–water partition coefficient (Wildman–Crippen LogP) is 1.95. The van der Waals surface area contributed by atoms with Gasteiger partial charge < -0.3 is 5.73 Å². The van der Waals surface area contributed by atoms with Gasteiger partial charge in [0.2, 0.25) is 0 Å². The van der Waals surface area contributed by atoms with Gasteiger partial charge in [-0.05, 0) is 28.0 Å². The zero-order chi connectivity index (χ0) is 7.68. The number of hydrogen-bond acceptors (Lipinski definition) is 1. The first kappa shape index (κ1) is 6.95. The summed E-state index contributed by atoms with van der Waals surface area (Å²) in [5, 5.41) is 2.24. The first-order valence-electron chi connectivity index (χ1n) is 3.66. The number of benzene rings is 1. The van der Waals surface area contributed by atoms with Crippen molar-refractivity contribution >= 4 is 17.0 Å². The van der Waals surface area contributed by atoms with Crippen LogP contribution < -0.4 is 5.73 Å².